The number of nitrogens with zero attached hydrogens (tertiary/aromatic N) is 1. The number of aromatic amines is 1. The normalized spacial score (nSPS) is 11.6. The Hall–Kier alpha value is -1.20. The Morgan fingerprint density at radius 2 is 1.67 bits per heavy atom. The summed E-state index contributed by atoms with van der Waals surface area (Å²) in [6.45, 7) is 6.31. The van der Waals surface area contributed by atoms with Gasteiger partial charge in [-0.1, -0.05) is 0 Å². The first-order valence-corrected chi connectivity index (χ1v) is 4.58. The van der Waals surface area contributed by atoms with Crippen LogP contribution in [0.5, 0.6) is 0 Å². The number of aromatic nitrogens is 2. The molecular weight excluding hydrogens is 196 g/mol. The van der Waals surface area contributed by atoms with Crippen LogP contribution in [0.2, 0.25) is 0 Å². The summed E-state index contributed by atoms with van der Waals surface area (Å²) >= 11 is 0. The molecule has 0 aliphatic heterocycles. The minimum absolute atomic E-state index is 0.164. The van der Waals surface area contributed by atoms with Gasteiger partial charge in [0.15, 0.2) is 0 Å². The minimum atomic E-state index is -1.01. The van der Waals surface area contributed by atoms with Gasteiger partial charge in [-0.3, -0.25) is 9.78 Å². The topological polar surface area (TPSA) is 86.2 Å². The van der Waals surface area contributed by atoms with E-state index < -0.39 is 11.2 Å². The van der Waals surface area contributed by atoms with Crippen LogP contribution in [-0.4, -0.2) is 31.4 Å². The second kappa shape index (κ2) is 5.04. The highest BCUT2D eigenvalue weighted by Gasteiger charge is 2.31. The first-order chi connectivity index (χ1) is 6.64. The molecule has 0 unspecified atom stereocenters. The van der Waals surface area contributed by atoms with Crippen LogP contribution in [0, 0.1) is 0 Å². The van der Waals surface area contributed by atoms with E-state index in [0.29, 0.717) is 0 Å². The van der Waals surface area contributed by atoms with Crippen molar-refractivity contribution in [2.75, 3.05) is 0 Å². The molecule has 15 heavy (non-hydrogen) atoms. The zero-order chi connectivity index (χ0) is 12.1. The van der Waals surface area contributed by atoms with Crippen molar-refractivity contribution in [2.24, 2.45) is 0 Å². The molecule has 0 bridgehead atoms. The van der Waals surface area contributed by atoms with Crippen molar-refractivity contribution in [3.8, 4) is 0 Å². The summed E-state index contributed by atoms with van der Waals surface area (Å²) in [6.07, 6.45) is 4.23. The fraction of sp³-hybridized carbons (Fsp3) is 0.600. The Morgan fingerprint density at radius 3 is 1.80 bits per heavy atom. The van der Waals surface area contributed by atoms with Crippen LogP contribution < -0.4 is 5.56 Å². The fourth-order valence-corrected chi connectivity index (χ4v) is 0.310. The monoisotopic (exact) mass is 214 g/mol. The maximum atomic E-state index is 10.2. The van der Waals surface area contributed by atoms with Crippen LogP contribution in [0.25, 0.3) is 0 Å². The molecule has 1 heterocycles. The maximum Gasteiger partial charge on any atom is 0.266 e. The number of aliphatic hydroxyl groups is 2. The van der Waals surface area contributed by atoms with Gasteiger partial charge in [-0.05, 0) is 27.7 Å². The summed E-state index contributed by atoms with van der Waals surface area (Å²) in [4.78, 5) is 16.1. The summed E-state index contributed by atoms with van der Waals surface area (Å²) in [5, 5.41) is 18.2. The number of hydrogen-bond acceptors (Lipinski definition) is 4. The van der Waals surface area contributed by atoms with Crippen LogP contribution in [0.15, 0.2) is 23.4 Å². The van der Waals surface area contributed by atoms with E-state index >= 15 is 0 Å². The van der Waals surface area contributed by atoms with Crippen LogP contribution >= 0.6 is 0 Å². The molecule has 3 N–H and O–H groups in total. The van der Waals surface area contributed by atoms with Crippen molar-refractivity contribution in [2.45, 2.75) is 38.9 Å². The average molecular weight is 214 g/mol. The van der Waals surface area contributed by atoms with Crippen molar-refractivity contribution in [3.63, 3.8) is 0 Å². The van der Waals surface area contributed by atoms with Gasteiger partial charge in [-0.25, -0.2) is 0 Å². The first-order valence-electron chi connectivity index (χ1n) is 4.58. The lowest BCUT2D eigenvalue weighted by Gasteiger charge is -2.31. The Bertz CT molecular complexity index is 304. The maximum absolute atomic E-state index is 10.2. The quantitative estimate of drug-likeness (QED) is 0.627. The van der Waals surface area contributed by atoms with Gasteiger partial charge in [0.2, 0.25) is 0 Å². The highest BCUT2D eigenvalue weighted by atomic mass is 16.3. The number of nitrogens with one attached hydrogen (secondary N) is 1. The third-order valence-corrected chi connectivity index (χ3v) is 2.08. The zero-order valence-corrected chi connectivity index (χ0v) is 9.48. The van der Waals surface area contributed by atoms with Gasteiger partial charge in [0.05, 0.1) is 17.4 Å². The van der Waals surface area contributed by atoms with E-state index in [1.165, 1.54) is 18.6 Å². The van der Waals surface area contributed by atoms with Gasteiger partial charge in [0.1, 0.15) is 0 Å². The molecule has 0 spiro atoms. The van der Waals surface area contributed by atoms with Crippen LogP contribution in [0.3, 0.4) is 0 Å². The molecule has 86 valence electrons. The standard InChI is InChI=1S/C6H14O2.C4H4N2O/c1-5(2,7)6(3,4)8;7-4-3-5-1-2-6-4/h7-8H,1-4H3;1-3H,(H,6,7). The molecule has 1 rings (SSSR count). The number of H-pyrrole nitrogens is 1. The Balaban J connectivity index is 0.000000262. The van der Waals surface area contributed by atoms with Gasteiger partial charge in [-0.2, -0.15) is 0 Å². The lowest BCUT2D eigenvalue weighted by atomic mass is 9.90. The summed E-state index contributed by atoms with van der Waals surface area (Å²) < 4.78 is 0. The molecule has 0 aromatic carbocycles. The zero-order valence-electron chi connectivity index (χ0n) is 9.48. The highest BCUT2D eigenvalue weighted by molar-refractivity contribution is 4.84. The molecule has 0 radical (unpaired) electrons. The van der Waals surface area contributed by atoms with E-state index in [2.05, 4.69) is 9.97 Å². The van der Waals surface area contributed by atoms with Gasteiger partial charge >= 0.3 is 0 Å². The predicted molar refractivity (Wildman–Crippen MR) is 57.5 cm³/mol. The van der Waals surface area contributed by atoms with Gasteiger partial charge < -0.3 is 15.2 Å². The summed E-state index contributed by atoms with van der Waals surface area (Å²) in [6, 6.07) is 0. The summed E-state index contributed by atoms with van der Waals surface area (Å²) in [5.74, 6) is 0. The van der Waals surface area contributed by atoms with E-state index in [1.54, 1.807) is 27.7 Å². The molecule has 0 saturated heterocycles. The molecule has 0 amide bonds. The van der Waals surface area contributed by atoms with Gasteiger partial charge in [0.25, 0.3) is 5.56 Å². The Morgan fingerprint density at radius 1 is 1.20 bits per heavy atom. The molecule has 0 atom stereocenters. The van der Waals surface area contributed by atoms with Crippen LogP contribution in [0.4, 0.5) is 0 Å². The Labute approximate surface area is 88.8 Å². The van der Waals surface area contributed by atoms with Crippen molar-refractivity contribution < 1.29 is 10.2 Å². The lowest BCUT2D eigenvalue weighted by molar-refractivity contribution is -0.107. The molecular formula is C10H18N2O3. The van der Waals surface area contributed by atoms with E-state index in [9.17, 15) is 4.79 Å². The van der Waals surface area contributed by atoms with Crippen molar-refractivity contribution in [1.29, 1.82) is 0 Å². The third-order valence-electron chi connectivity index (χ3n) is 2.08. The molecule has 1 aromatic rings. The molecule has 1 aromatic heterocycles. The third kappa shape index (κ3) is 5.98. The lowest BCUT2D eigenvalue weighted by Crippen LogP contribution is -2.44. The predicted octanol–water partition coefficient (Wildman–Crippen LogP) is 0.298. The van der Waals surface area contributed by atoms with E-state index in [-0.39, 0.29) is 5.56 Å². The van der Waals surface area contributed by atoms with E-state index in [4.69, 9.17) is 10.2 Å². The number of hydrogen-bond donors (Lipinski definition) is 3. The van der Waals surface area contributed by atoms with Crippen LogP contribution in [0.1, 0.15) is 27.7 Å². The van der Waals surface area contributed by atoms with Crippen molar-refractivity contribution in [1.82, 2.24) is 9.97 Å². The van der Waals surface area contributed by atoms with Gasteiger partial charge in [0, 0.05) is 12.4 Å². The average Bonchev–Trinajstić information content (AvgIpc) is 2.02. The van der Waals surface area contributed by atoms with Crippen molar-refractivity contribution in [3.05, 3.63) is 28.9 Å². The fourth-order valence-electron chi connectivity index (χ4n) is 0.310. The molecule has 0 fully saturated rings. The SMILES string of the molecule is CC(C)(O)C(C)(C)O.O=c1cncc[nH]1. The Kier molecular flexibility index (Phi) is 4.64. The number of rotatable bonds is 1. The largest absolute Gasteiger partial charge is 0.387 e. The second-order valence-corrected chi connectivity index (χ2v) is 4.22. The molecule has 0 aliphatic rings. The van der Waals surface area contributed by atoms with E-state index in [0.717, 1.165) is 0 Å². The highest BCUT2D eigenvalue weighted by Crippen LogP contribution is 2.19. The molecule has 5 nitrogen and oxygen atoms in total. The minimum Gasteiger partial charge on any atom is -0.387 e. The molecule has 0 aliphatic carbocycles. The molecule has 0 saturated carbocycles. The first kappa shape index (κ1) is 13.8. The van der Waals surface area contributed by atoms with Crippen molar-refractivity contribution >= 4 is 0 Å². The smallest absolute Gasteiger partial charge is 0.266 e. The summed E-state index contributed by atoms with van der Waals surface area (Å²) in [7, 11) is 0. The van der Waals surface area contributed by atoms with E-state index in [1.807, 2.05) is 0 Å². The van der Waals surface area contributed by atoms with Crippen LogP contribution in [-0.2, 0) is 0 Å². The van der Waals surface area contributed by atoms with Gasteiger partial charge in [-0.15, -0.1) is 0 Å². The summed E-state index contributed by atoms with van der Waals surface area (Å²) in [5.41, 5.74) is -2.18. The molecule has 5 heteroatoms. The second-order valence-electron chi connectivity index (χ2n) is 4.22.